The van der Waals surface area contributed by atoms with Gasteiger partial charge in [0, 0.05) is 29.8 Å². The van der Waals surface area contributed by atoms with Crippen LogP contribution < -0.4 is 10.9 Å². The molecule has 256 valence electrons. The monoisotopic (exact) mass is 698 g/mol. The van der Waals surface area contributed by atoms with Gasteiger partial charge in [-0.05, 0) is 62.8 Å². The minimum atomic E-state index is -4.60. The molecule has 49 heavy (non-hydrogen) atoms. The number of nitrogens with one attached hydrogen (secondary N) is 1. The molecule has 1 aliphatic carbocycles. The van der Waals surface area contributed by atoms with Gasteiger partial charge in [0.15, 0.2) is 17.3 Å². The van der Waals surface area contributed by atoms with Gasteiger partial charge in [-0.25, -0.2) is 9.97 Å². The zero-order valence-electron chi connectivity index (χ0n) is 26.2. The Morgan fingerprint density at radius 3 is 2.61 bits per heavy atom. The fourth-order valence-corrected chi connectivity index (χ4v) is 7.17. The highest BCUT2D eigenvalue weighted by Crippen LogP contribution is 2.45. The van der Waals surface area contributed by atoms with E-state index in [4.69, 9.17) is 16.3 Å². The van der Waals surface area contributed by atoms with Crippen LogP contribution in [-0.2, 0) is 34.1 Å². The molecule has 2 N–H and O–H groups in total. The van der Waals surface area contributed by atoms with Crippen LogP contribution in [0.5, 0.6) is 5.75 Å². The third-order valence-electron chi connectivity index (χ3n) is 9.56. The number of hydrogen-bond donors (Lipinski definition) is 2. The Kier molecular flexibility index (Phi) is 8.17. The summed E-state index contributed by atoms with van der Waals surface area (Å²) in [6.45, 7) is 2.67. The maximum Gasteiger partial charge on any atom is 0.416 e. The van der Waals surface area contributed by atoms with Crippen molar-refractivity contribution in [2.45, 2.75) is 57.2 Å². The number of rotatable bonds is 5. The first kappa shape index (κ1) is 32.7. The number of hydrogen-bond acceptors (Lipinski definition) is 9. The predicted molar refractivity (Wildman–Crippen MR) is 169 cm³/mol. The van der Waals surface area contributed by atoms with Gasteiger partial charge in [0.05, 0.1) is 35.2 Å². The highest BCUT2D eigenvalue weighted by Gasteiger charge is 2.46. The second-order valence-electron chi connectivity index (χ2n) is 12.4. The predicted octanol–water partition coefficient (Wildman–Crippen LogP) is 3.93. The molecule has 0 saturated carbocycles. The molecule has 1 saturated heterocycles. The number of carbonyl (C=O) groups excluding carboxylic acids is 2. The van der Waals surface area contributed by atoms with Gasteiger partial charge >= 0.3 is 6.18 Å². The lowest BCUT2D eigenvalue weighted by atomic mass is 9.74. The maximum atomic E-state index is 14.3. The summed E-state index contributed by atoms with van der Waals surface area (Å²) in [6, 6.07) is 2.66. The number of anilines is 1. The van der Waals surface area contributed by atoms with Crippen molar-refractivity contribution in [3.63, 3.8) is 0 Å². The Balaban J connectivity index is 1.23. The molecule has 0 radical (unpaired) electrons. The molecule has 7 rings (SSSR count). The fraction of sp³-hybridized carbons (Fsp3) is 0.406. The molecule has 2 amide bonds. The van der Waals surface area contributed by atoms with E-state index in [1.165, 1.54) is 10.8 Å². The van der Waals surface area contributed by atoms with Crippen LogP contribution in [0.2, 0.25) is 5.02 Å². The highest BCUT2D eigenvalue weighted by molar-refractivity contribution is 6.33. The Morgan fingerprint density at radius 2 is 1.92 bits per heavy atom. The van der Waals surface area contributed by atoms with Gasteiger partial charge in [-0.1, -0.05) is 17.7 Å². The maximum absolute atomic E-state index is 14.3. The molecular formula is C32H30ClF3N8O5. The minimum Gasteiger partial charge on any atom is -0.504 e. The van der Waals surface area contributed by atoms with Crippen molar-refractivity contribution in [2.75, 3.05) is 31.6 Å². The van der Waals surface area contributed by atoms with E-state index >= 15 is 0 Å². The number of piperidine rings is 1. The molecule has 1 fully saturated rings. The van der Waals surface area contributed by atoms with Gasteiger partial charge in [0.1, 0.15) is 12.9 Å². The largest absolute Gasteiger partial charge is 0.504 e. The molecule has 3 aliphatic rings. The van der Waals surface area contributed by atoms with E-state index in [1.54, 1.807) is 16.4 Å². The van der Waals surface area contributed by atoms with Crippen LogP contribution in [0.4, 0.5) is 18.9 Å². The number of alkyl halides is 3. The van der Waals surface area contributed by atoms with Crippen molar-refractivity contribution in [1.82, 2.24) is 34.0 Å². The number of benzene rings is 1. The number of aromatic hydroxyl groups is 1. The van der Waals surface area contributed by atoms with Gasteiger partial charge in [-0.2, -0.15) is 22.7 Å². The zero-order chi connectivity index (χ0) is 34.7. The molecule has 17 heteroatoms. The first-order valence-corrected chi connectivity index (χ1v) is 16.0. The lowest BCUT2D eigenvalue weighted by Gasteiger charge is -2.39. The topological polar surface area (TPSA) is 157 Å². The summed E-state index contributed by atoms with van der Waals surface area (Å²) in [4.78, 5) is 55.2. The number of amides is 2. The molecular weight excluding hydrogens is 669 g/mol. The van der Waals surface area contributed by atoms with E-state index < -0.39 is 29.0 Å². The number of fused-ring (bicyclic) bond motifs is 3. The molecule has 0 bridgehead atoms. The minimum absolute atomic E-state index is 0.00122. The molecule has 5 heterocycles. The standard InChI is InChI=1S/C32H30ClF3N8O5/c1-17-26(46)25(38-16-37-17)29(48)42-10-8-31(9-11-42)7-4-22-24(31)28(47)44-30(40-27(41-44)18-5-12-49-13-6-18)43(22)15-23(45)39-21-3-2-19(14-20(21)33)32(34,35)36/h2-3,5,14,16,46H,4,6-13,15H2,1H3,(H,39,45). The molecule has 1 spiro atoms. The van der Waals surface area contributed by atoms with Crippen LogP contribution >= 0.6 is 11.6 Å². The summed E-state index contributed by atoms with van der Waals surface area (Å²) in [5.74, 6) is -0.821. The van der Waals surface area contributed by atoms with Crippen LogP contribution in [0.15, 0.2) is 35.4 Å². The lowest BCUT2D eigenvalue weighted by molar-refractivity contribution is -0.137. The first-order valence-electron chi connectivity index (χ1n) is 15.6. The molecule has 4 aromatic rings. The molecule has 3 aromatic heterocycles. The van der Waals surface area contributed by atoms with Crippen LogP contribution in [0.25, 0.3) is 11.4 Å². The summed E-state index contributed by atoms with van der Waals surface area (Å²) in [5, 5.41) is 17.3. The van der Waals surface area contributed by atoms with Crippen molar-refractivity contribution in [1.29, 1.82) is 0 Å². The molecule has 2 aliphatic heterocycles. The summed E-state index contributed by atoms with van der Waals surface area (Å²) in [7, 11) is 0. The number of likely N-dealkylation sites (tertiary alicyclic amines) is 1. The summed E-state index contributed by atoms with van der Waals surface area (Å²) in [5.41, 5.74) is 0.162. The number of carbonyl (C=O) groups is 2. The normalized spacial score (nSPS) is 17.3. The van der Waals surface area contributed by atoms with Crippen molar-refractivity contribution in [2.24, 2.45) is 0 Å². The van der Waals surface area contributed by atoms with E-state index in [9.17, 15) is 32.7 Å². The molecule has 0 atom stereocenters. The van der Waals surface area contributed by atoms with Crippen molar-refractivity contribution in [3.8, 4) is 5.75 Å². The van der Waals surface area contributed by atoms with Gasteiger partial charge in [0.2, 0.25) is 11.7 Å². The van der Waals surface area contributed by atoms with E-state index in [2.05, 4.69) is 25.4 Å². The highest BCUT2D eigenvalue weighted by atomic mass is 35.5. The number of aryl methyl sites for hydroxylation is 1. The average molecular weight is 699 g/mol. The SMILES string of the molecule is Cc1ncnc(C(=O)N2CCC3(CCc4c3c(=O)n3nc(C5=CCOCC5)nc3n4CC(=O)Nc3ccc(C(F)(F)F)cc3Cl)CC2)c1O. The number of ether oxygens (including phenoxy) is 1. The Morgan fingerprint density at radius 1 is 1.14 bits per heavy atom. The van der Waals surface area contributed by atoms with Crippen molar-refractivity contribution >= 4 is 40.5 Å². The Bertz CT molecular complexity index is 2100. The quantitative estimate of drug-likeness (QED) is 0.315. The van der Waals surface area contributed by atoms with E-state index in [1.807, 2.05) is 6.08 Å². The van der Waals surface area contributed by atoms with Gasteiger partial charge in [-0.3, -0.25) is 14.4 Å². The molecule has 1 aromatic carbocycles. The van der Waals surface area contributed by atoms with E-state index in [-0.39, 0.29) is 45.7 Å². The Hall–Kier alpha value is -4.83. The summed E-state index contributed by atoms with van der Waals surface area (Å²) < 4.78 is 47.8. The van der Waals surface area contributed by atoms with Gasteiger partial charge < -0.3 is 24.6 Å². The van der Waals surface area contributed by atoms with Gasteiger partial charge in [0.25, 0.3) is 11.5 Å². The Labute approximate surface area is 281 Å². The van der Waals surface area contributed by atoms with Crippen molar-refractivity contribution in [3.05, 3.63) is 80.0 Å². The summed E-state index contributed by atoms with van der Waals surface area (Å²) in [6.07, 6.45) is 0.886. The first-order chi connectivity index (χ1) is 23.4. The molecule has 0 unspecified atom stereocenters. The van der Waals surface area contributed by atoms with E-state index in [0.29, 0.717) is 75.5 Å². The van der Waals surface area contributed by atoms with Crippen molar-refractivity contribution < 1.29 is 32.6 Å². The van der Waals surface area contributed by atoms with E-state index in [0.717, 1.165) is 23.8 Å². The second-order valence-corrected chi connectivity index (χ2v) is 12.8. The number of nitrogens with zero attached hydrogens (tertiary/aromatic N) is 7. The second kappa shape index (κ2) is 12.2. The fourth-order valence-electron chi connectivity index (χ4n) is 6.94. The van der Waals surface area contributed by atoms with Crippen LogP contribution in [0, 0.1) is 6.92 Å². The number of aromatic nitrogens is 6. The lowest BCUT2D eigenvalue weighted by Crippen LogP contribution is -2.46. The van der Waals surface area contributed by atoms with Crippen LogP contribution in [0.1, 0.15) is 64.5 Å². The smallest absolute Gasteiger partial charge is 0.416 e. The average Bonchev–Trinajstić information content (AvgIpc) is 3.69. The van der Waals surface area contributed by atoms with Crippen LogP contribution in [-0.4, -0.2) is 77.3 Å². The summed E-state index contributed by atoms with van der Waals surface area (Å²) >= 11 is 6.11. The molecule has 13 nitrogen and oxygen atoms in total. The van der Waals surface area contributed by atoms with Gasteiger partial charge in [-0.15, -0.1) is 5.10 Å². The third-order valence-corrected chi connectivity index (χ3v) is 9.87. The van der Waals surface area contributed by atoms with Crippen LogP contribution in [0.3, 0.4) is 0 Å². The number of halogens is 4. The zero-order valence-corrected chi connectivity index (χ0v) is 26.9. The third kappa shape index (κ3) is 5.82.